The number of aromatic nitrogens is 2. The zero-order valence-electron chi connectivity index (χ0n) is 13.3. The average molecular weight is 297 g/mol. The van der Waals surface area contributed by atoms with Crippen LogP contribution in [-0.2, 0) is 6.42 Å². The molecule has 4 atom stereocenters. The molecular formula is C17H29ClN2. The van der Waals surface area contributed by atoms with Gasteiger partial charge in [-0.2, -0.15) is 5.10 Å². The van der Waals surface area contributed by atoms with Gasteiger partial charge in [-0.3, -0.25) is 4.68 Å². The van der Waals surface area contributed by atoms with Gasteiger partial charge in [0.25, 0.3) is 0 Å². The van der Waals surface area contributed by atoms with Crippen molar-refractivity contribution >= 4 is 11.6 Å². The lowest BCUT2D eigenvalue weighted by atomic mass is 9.74. The minimum atomic E-state index is 0.332. The first kappa shape index (κ1) is 15.9. The number of nitrogens with zero attached hydrogens (tertiary/aromatic N) is 2. The molecule has 114 valence electrons. The molecule has 0 saturated heterocycles. The zero-order valence-corrected chi connectivity index (χ0v) is 14.1. The van der Waals surface area contributed by atoms with Crippen LogP contribution >= 0.6 is 11.6 Å². The van der Waals surface area contributed by atoms with Crippen molar-refractivity contribution in [1.29, 1.82) is 0 Å². The molecule has 1 saturated carbocycles. The Morgan fingerprint density at radius 3 is 2.75 bits per heavy atom. The van der Waals surface area contributed by atoms with E-state index in [1.807, 2.05) is 0 Å². The van der Waals surface area contributed by atoms with E-state index in [4.69, 9.17) is 16.7 Å². The summed E-state index contributed by atoms with van der Waals surface area (Å²) in [4.78, 5) is 0. The standard InChI is InChI=1S/C17H29ClN2/c1-5-13(4)20-9-8-16(19-20)11-15-10-14(12(2)3)6-7-17(15)18/h8-9,12-15,17H,5-7,10-11H2,1-4H3. The largest absolute Gasteiger partial charge is 0.270 e. The topological polar surface area (TPSA) is 17.8 Å². The molecule has 0 amide bonds. The van der Waals surface area contributed by atoms with E-state index < -0.39 is 0 Å². The first-order valence-electron chi connectivity index (χ1n) is 8.19. The van der Waals surface area contributed by atoms with E-state index in [1.54, 1.807) is 0 Å². The average Bonchev–Trinajstić information content (AvgIpc) is 2.88. The summed E-state index contributed by atoms with van der Waals surface area (Å²) in [6.45, 7) is 9.10. The molecule has 2 rings (SSSR count). The van der Waals surface area contributed by atoms with Gasteiger partial charge in [-0.25, -0.2) is 0 Å². The van der Waals surface area contributed by atoms with Crippen molar-refractivity contribution in [2.24, 2.45) is 17.8 Å². The maximum absolute atomic E-state index is 6.56. The lowest BCUT2D eigenvalue weighted by molar-refractivity contribution is 0.217. The van der Waals surface area contributed by atoms with Crippen LogP contribution in [-0.4, -0.2) is 15.2 Å². The van der Waals surface area contributed by atoms with Gasteiger partial charge in [-0.1, -0.05) is 20.8 Å². The van der Waals surface area contributed by atoms with Crippen molar-refractivity contribution in [1.82, 2.24) is 9.78 Å². The molecule has 0 aliphatic heterocycles. The monoisotopic (exact) mass is 296 g/mol. The normalized spacial score (nSPS) is 28.8. The summed E-state index contributed by atoms with van der Waals surface area (Å²) in [6.07, 6.45) is 8.02. The van der Waals surface area contributed by atoms with Crippen LogP contribution in [0.5, 0.6) is 0 Å². The van der Waals surface area contributed by atoms with E-state index in [0.29, 0.717) is 17.3 Å². The van der Waals surface area contributed by atoms with Crippen molar-refractivity contribution in [3.8, 4) is 0 Å². The predicted molar refractivity (Wildman–Crippen MR) is 86.2 cm³/mol. The van der Waals surface area contributed by atoms with Crippen LogP contribution in [0, 0.1) is 17.8 Å². The lowest BCUT2D eigenvalue weighted by Crippen LogP contribution is -2.29. The van der Waals surface area contributed by atoms with Crippen molar-refractivity contribution < 1.29 is 0 Å². The molecule has 0 aromatic carbocycles. The van der Waals surface area contributed by atoms with Gasteiger partial charge in [0.15, 0.2) is 0 Å². The molecule has 3 heteroatoms. The van der Waals surface area contributed by atoms with Crippen LogP contribution in [0.2, 0.25) is 0 Å². The van der Waals surface area contributed by atoms with E-state index in [0.717, 1.165) is 24.7 Å². The second-order valence-corrected chi connectivity index (χ2v) is 7.40. The van der Waals surface area contributed by atoms with Crippen LogP contribution < -0.4 is 0 Å². The number of rotatable bonds is 5. The maximum atomic E-state index is 6.56. The van der Waals surface area contributed by atoms with Crippen LogP contribution in [0.25, 0.3) is 0 Å². The maximum Gasteiger partial charge on any atom is 0.0628 e. The van der Waals surface area contributed by atoms with Crippen LogP contribution in [0.4, 0.5) is 0 Å². The lowest BCUT2D eigenvalue weighted by Gasteiger charge is -2.34. The third-order valence-corrected chi connectivity index (χ3v) is 5.62. The molecule has 1 fully saturated rings. The molecule has 1 aromatic rings. The SMILES string of the molecule is CCC(C)n1ccc(CC2CC(C(C)C)CCC2Cl)n1. The Bertz CT molecular complexity index is 413. The number of halogens is 1. The molecule has 0 spiro atoms. The zero-order chi connectivity index (χ0) is 14.7. The van der Waals surface area contributed by atoms with Crippen LogP contribution in [0.1, 0.15) is 65.1 Å². The third kappa shape index (κ3) is 3.78. The van der Waals surface area contributed by atoms with Crippen LogP contribution in [0.15, 0.2) is 12.3 Å². The van der Waals surface area contributed by atoms with E-state index >= 15 is 0 Å². The molecule has 0 bridgehead atoms. The van der Waals surface area contributed by atoms with Gasteiger partial charge in [0.1, 0.15) is 0 Å². The highest BCUT2D eigenvalue weighted by Crippen LogP contribution is 2.38. The molecule has 1 aliphatic carbocycles. The van der Waals surface area contributed by atoms with Gasteiger partial charge < -0.3 is 0 Å². The first-order valence-corrected chi connectivity index (χ1v) is 8.63. The Balaban J connectivity index is 1.98. The van der Waals surface area contributed by atoms with Gasteiger partial charge in [0.05, 0.1) is 5.69 Å². The number of hydrogen-bond donors (Lipinski definition) is 0. The summed E-state index contributed by atoms with van der Waals surface area (Å²) in [6, 6.07) is 2.67. The fourth-order valence-electron chi connectivity index (χ4n) is 3.27. The van der Waals surface area contributed by atoms with Crippen molar-refractivity contribution in [2.45, 2.75) is 71.2 Å². The summed E-state index contributed by atoms with van der Waals surface area (Å²) in [7, 11) is 0. The second-order valence-electron chi connectivity index (χ2n) is 6.84. The molecule has 1 aliphatic rings. The fraction of sp³-hybridized carbons (Fsp3) is 0.824. The fourth-order valence-corrected chi connectivity index (χ4v) is 3.59. The van der Waals surface area contributed by atoms with Crippen LogP contribution in [0.3, 0.4) is 0 Å². The van der Waals surface area contributed by atoms with Gasteiger partial charge in [-0.05, 0) is 62.8 Å². The van der Waals surface area contributed by atoms with E-state index in [1.165, 1.54) is 25.0 Å². The van der Waals surface area contributed by atoms with Crippen molar-refractivity contribution in [2.75, 3.05) is 0 Å². The highest BCUT2D eigenvalue weighted by Gasteiger charge is 2.31. The second kappa shape index (κ2) is 6.98. The smallest absolute Gasteiger partial charge is 0.0628 e. The Kier molecular flexibility index (Phi) is 5.54. The molecule has 2 nitrogen and oxygen atoms in total. The number of hydrogen-bond acceptors (Lipinski definition) is 1. The minimum absolute atomic E-state index is 0.332. The number of alkyl halides is 1. The van der Waals surface area contributed by atoms with Gasteiger partial charge in [-0.15, -0.1) is 11.6 Å². The molecule has 20 heavy (non-hydrogen) atoms. The Morgan fingerprint density at radius 1 is 1.35 bits per heavy atom. The summed E-state index contributed by atoms with van der Waals surface area (Å²) in [5.41, 5.74) is 1.21. The third-order valence-electron chi connectivity index (χ3n) is 5.05. The van der Waals surface area contributed by atoms with Gasteiger partial charge >= 0.3 is 0 Å². The Hall–Kier alpha value is -0.500. The minimum Gasteiger partial charge on any atom is -0.270 e. The van der Waals surface area contributed by atoms with Crippen molar-refractivity contribution in [3.05, 3.63) is 18.0 Å². The molecular weight excluding hydrogens is 268 g/mol. The highest BCUT2D eigenvalue weighted by atomic mass is 35.5. The highest BCUT2D eigenvalue weighted by molar-refractivity contribution is 6.20. The molecule has 1 heterocycles. The first-order chi connectivity index (χ1) is 9.51. The summed E-state index contributed by atoms with van der Waals surface area (Å²) >= 11 is 6.56. The summed E-state index contributed by atoms with van der Waals surface area (Å²) < 4.78 is 2.10. The van der Waals surface area contributed by atoms with Gasteiger partial charge in [0, 0.05) is 17.6 Å². The Labute approximate surface area is 128 Å². The van der Waals surface area contributed by atoms with Crippen molar-refractivity contribution in [3.63, 3.8) is 0 Å². The van der Waals surface area contributed by atoms with Gasteiger partial charge in [0.2, 0.25) is 0 Å². The van der Waals surface area contributed by atoms with E-state index in [2.05, 4.69) is 44.6 Å². The van der Waals surface area contributed by atoms with E-state index in [-0.39, 0.29) is 0 Å². The Morgan fingerprint density at radius 2 is 2.10 bits per heavy atom. The van der Waals surface area contributed by atoms with E-state index in [9.17, 15) is 0 Å². The predicted octanol–water partition coefficient (Wildman–Crippen LogP) is 5.08. The quantitative estimate of drug-likeness (QED) is 0.693. The molecule has 4 unspecified atom stereocenters. The summed E-state index contributed by atoms with van der Waals surface area (Å²) in [5, 5.41) is 5.07. The molecule has 0 radical (unpaired) electrons. The molecule has 0 N–H and O–H groups in total. The molecule has 1 aromatic heterocycles. The summed E-state index contributed by atoms with van der Waals surface area (Å²) in [5.74, 6) is 2.21.